The SMILES string of the molecule is CCC(NCC1CCCS1(=O)=O)c1cccs1. The van der Waals surface area contributed by atoms with Gasteiger partial charge in [-0.2, -0.15) is 0 Å². The smallest absolute Gasteiger partial charge is 0.154 e. The molecular weight excluding hydrogens is 254 g/mol. The first kappa shape index (κ1) is 13.1. The van der Waals surface area contributed by atoms with Crippen molar-refractivity contribution in [2.75, 3.05) is 12.3 Å². The zero-order chi connectivity index (χ0) is 12.3. The third-order valence-corrected chi connectivity index (χ3v) is 6.61. The lowest BCUT2D eigenvalue weighted by Crippen LogP contribution is -2.32. The summed E-state index contributed by atoms with van der Waals surface area (Å²) in [5.41, 5.74) is 0. The van der Waals surface area contributed by atoms with Gasteiger partial charge in [0, 0.05) is 17.5 Å². The van der Waals surface area contributed by atoms with Crippen LogP contribution in [-0.4, -0.2) is 26.0 Å². The van der Waals surface area contributed by atoms with Crippen LogP contribution in [-0.2, 0) is 9.84 Å². The molecule has 0 aliphatic carbocycles. The first-order chi connectivity index (χ1) is 8.13. The Morgan fingerprint density at radius 1 is 1.59 bits per heavy atom. The van der Waals surface area contributed by atoms with E-state index in [1.807, 2.05) is 6.07 Å². The molecular formula is C12H19NO2S2. The van der Waals surface area contributed by atoms with Gasteiger partial charge in [-0.25, -0.2) is 8.42 Å². The van der Waals surface area contributed by atoms with Crippen molar-refractivity contribution in [2.24, 2.45) is 0 Å². The van der Waals surface area contributed by atoms with Gasteiger partial charge in [0.1, 0.15) is 0 Å². The number of rotatable bonds is 5. The Balaban J connectivity index is 1.93. The summed E-state index contributed by atoms with van der Waals surface area (Å²) in [4.78, 5) is 1.29. The maximum absolute atomic E-state index is 11.7. The molecule has 96 valence electrons. The summed E-state index contributed by atoms with van der Waals surface area (Å²) >= 11 is 1.73. The summed E-state index contributed by atoms with van der Waals surface area (Å²) in [6.45, 7) is 2.72. The zero-order valence-electron chi connectivity index (χ0n) is 10.1. The molecule has 1 aliphatic rings. The van der Waals surface area contributed by atoms with E-state index in [2.05, 4.69) is 23.7 Å². The van der Waals surface area contributed by atoms with E-state index in [1.165, 1.54) is 4.88 Å². The summed E-state index contributed by atoms with van der Waals surface area (Å²) in [6, 6.07) is 4.44. The summed E-state index contributed by atoms with van der Waals surface area (Å²) < 4.78 is 23.4. The predicted molar refractivity (Wildman–Crippen MR) is 72.2 cm³/mol. The molecule has 1 aromatic heterocycles. The monoisotopic (exact) mass is 273 g/mol. The molecule has 2 unspecified atom stereocenters. The van der Waals surface area contributed by atoms with Crippen molar-refractivity contribution in [1.29, 1.82) is 0 Å². The zero-order valence-corrected chi connectivity index (χ0v) is 11.7. The minimum absolute atomic E-state index is 0.170. The third kappa shape index (κ3) is 3.09. The first-order valence-corrected chi connectivity index (χ1v) is 8.71. The molecule has 17 heavy (non-hydrogen) atoms. The molecule has 0 aromatic carbocycles. The van der Waals surface area contributed by atoms with Gasteiger partial charge < -0.3 is 5.32 Å². The second-order valence-corrected chi connectivity index (χ2v) is 7.90. The van der Waals surface area contributed by atoms with Gasteiger partial charge in [0.2, 0.25) is 0 Å². The van der Waals surface area contributed by atoms with Gasteiger partial charge in [-0.15, -0.1) is 11.3 Å². The largest absolute Gasteiger partial charge is 0.308 e. The number of hydrogen-bond acceptors (Lipinski definition) is 4. The second kappa shape index (κ2) is 5.50. The summed E-state index contributed by atoms with van der Waals surface area (Å²) in [5.74, 6) is 0.370. The fraction of sp³-hybridized carbons (Fsp3) is 0.667. The molecule has 1 N–H and O–H groups in total. The Labute approximate surface area is 107 Å². The van der Waals surface area contributed by atoms with Crippen molar-refractivity contribution in [2.45, 2.75) is 37.5 Å². The summed E-state index contributed by atoms with van der Waals surface area (Å²) in [5, 5.41) is 5.29. The fourth-order valence-electron chi connectivity index (χ4n) is 2.30. The van der Waals surface area contributed by atoms with Crippen LogP contribution in [0.5, 0.6) is 0 Å². The molecule has 1 fully saturated rings. The van der Waals surface area contributed by atoms with Gasteiger partial charge in [0.25, 0.3) is 0 Å². The Morgan fingerprint density at radius 2 is 2.41 bits per heavy atom. The molecule has 0 amide bonds. The predicted octanol–water partition coefficient (Wildman–Crippen LogP) is 2.37. The highest BCUT2D eigenvalue weighted by Gasteiger charge is 2.31. The van der Waals surface area contributed by atoms with Crippen LogP contribution in [0.2, 0.25) is 0 Å². The maximum atomic E-state index is 11.7. The normalized spacial score (nSPS) is 24.9. The minimum Gasteiger partial charge on any atom is -0.308 e. The molecule has 3 nitrogen and oxygen atoms in total. The van der Waals surface area contributed by atoms with E-state index in [-0.39, 0.29) is 5.25 Å². The van der Waals surface area contributed by atoms with Crippen molar-refractivity contribution in [3.8, 4) is 0 Å². The molecule has 0 radical (unpaired) electrons. The van der Waals surface area contributed by atoms with Crippen LogP contribution >= 0.6 is 11.3 Å². The average Bonchev–Trinajstić information content (AvgIpc) is 2.90. The maximum Gasteiger partial charge on any atom is 0.154 e. The number of nitrogens with one attached hydrogen (secondary N) is 1. The third-order valence-electron chi connectivity index (χ3n) is 3.35. The van der Waals surface area contributed by atoms with Crippen LogP contribution < -0.4 is 5.32 Å². The molecule has 1 aliphatic heterocycles. The van der Waals surface area contributed by atoms with Crippen LogP contribution in [0.4, 0.5) is 0 Å². The summed E-state index contributed by atoms with van der Waals surface area (Å²) in [6.07, 6.45) is 2.63. The molecule has 1 saturated heterocycles. The molecule has 0 bridgehead atoms. The van der Waals surface area contributed by atoms with Gasteiger partial charge in [0.05, 0.1) is 11.0 Å². The summed E-state index contributed by atoms with van der Waals surface area (Å²) in [7, 11) is -2.82. The highest BCUT2D eigenvalue weighted by Crippen LogP contribution is 2.24. The molecule has 1 aromatic rings. The second-order valence-electron chi connectivity index (χ2n) is 4.52. The lowest BCUT2D eigenvalue weighted by Gasteiger charge is -2.18. The van der Waals surface area contributed by atoms with Gasteiger partial charge in [0.15, 0.2) is 9.84 Å². The van der Waals surface area contributed by atoms with E-state index in [9.17, 15) is 8.42 Å². The van der Waals surface area contributed by atoms with E-state index >= 15 is 0 Å². The van der Waals surface area contributed by atoms with Crippen LogP contribution in [0.1, 0.15) is 37.1 Å². The first-order valence-electron chi connectivity index (χ1n) is 6.12. The van der Waals surface area contributed by atoms with Crippen molar-refractivity contribution in [3.05, 3.63) is 22.4 Å². The van der Waals surface area contributed by atoms with Gasteiger partial charge >= 0.3 is 0 Å². The Bertz CT molecular complexity index is 439. The van der Waals surface area contributed by atoms with E-state index in [0.29, 0.717) is 18.3 Å². The van der Waals surface area contributed by atoms with Crippen molar-refractivity contribution in [1.82, 2.24) is 5.32 Å². The number of thiophene rings is 1. The molecule has 2 rings (SSSR count). The van der Waals surface area contributed by atoms with Crippen LogP contribution in [0.3, 0.4) is 0 Å². The highest BCUT2D eigenvalue weighted by atomic mass is 32.2. The van der Waals surface area contributed by atoms with Gasteiger partial charge in [-0.3, -0.25) is 0 Å². The lowest BCUT2D eigenvalue weighted by atomic mass is 10.1. The number of sulfone groups is 1. The van der Waals surface area contributed by atoms with E-state index in [1.54, 1.807) is 11.3 Å². The van der Waals surface area contributed by atoms with E-state index < -0.39 is 9.84 Å². The van der Waals surface area contributed by atoms with E-state index in [4.69, 9.17) is 0 Å². The molecule has 0 saturated carbocycles. The topological polar surface area (TPSA) is 46.2 Å². The Morgan fingerprint density at radius 3 is 2.94 bits per heavy atom. The standard InChI is InChI=1S/C12H19NO2S2/c1-2-11(12-6-3-7-16-12)13-9-10-5-4-8-17(10,14)15/h3,6-7,10-11,13H,2,4-5,8-9H2,1H3. The molecule has 5 heteroatoms. The molecule has 2 heterocycles. The molecule has 0 spiro atoms. The highest BCUT2D eigenvalue weighted by molar-refractivity contribution is 7.92. The van der Waals surface area contributed by atoms with Crippen LogP contribution in [0.25, 0.3) is 0 Å². The quantitative estimate of drug-likeness (QED) is 0.896. The van der Waals surface area contributed by atoms with Crippen molar-refractivity contribution >= 4 is 21.2 Å². The van der Waals surface area contributed by atoms with Crippen LogP contribution in [0, 0.1) is 0 Å². The minimum atomic E-state index is -2.82. The van der Waals surface area contributed by atoms with E-state index in [0.717, 1.165) is 19.3 Å². The Kier molecular flexibility index (Phi) is 4.22. The number of hydrogen-bond donors (Lipinski definition) is 1. The molecule has 2 atom stereocenters. The average molecular weight is 273 g/mol. The lowest BCUT2D eigenvalue weighted by molar-refractivity contribution is 0.507. The van der Waals surface area contributed by atoms with Crippen molar-refractivity contribution in [3.63, 3.8) is 0 Å². The fourth-order valence-corrected chi connectivity index (χ4v) is 4.96. The van der Waals surface area contributed by atoms with Crippen molar-refractivity contribution < 1.29 is 8.42 Å². The van der Waals surface area contributed by atoms with Gasteiger partial charge in [-0.05, 0) is 30.7 Å². The van der Waals surface area contributed by atoms with Gasteiger partial charge in [-0.1, -0.05) is 13.0 Å². The van der Waals surface area contributed by atoms with Crippen LogP contribution in [0.15, 0.2) is 17.5 Å². The Hall–Kier alpha value is -0.390.